The van der Waals surface area contributed by atoms with E-state index in [0.29, 0.717) is 10.4 Å². The van der Waals surface area contributed by atoms with E-state index >= 15 is 0 Å². The molecule has 1 aromatic carbocycles. The summed E-state index contributed by atoms with van der Waals surface area (Å²) in [6.07, 6.45) is 4.65. The molecule has 0 atom stereocenters. The molecule has 0 bridgehead atoms. The van der Waals surface area contributed by atoms with Crippen LogP contribution < -0.4 is 10.9 Å². The molecule has 1 aliphatic rings. The third-order valence-electron chi connectivity index (χ3n) is 4.97. The number of anilines is 1. The highest BCUT2D eigenvalue weighted by atomic mass is 32.1. The second-order valence-corrected chi connectivity index (χ2v) is 8.10. The first kappa shape index (κ1) is 18.4. The molecule has 0 aliphatic carbocycles. The minimum atomic E-state index is -0.346. The second kappa shape index (κ2) is 7.59. The van der Waals surface area contributed by atoms with E-state index in [9.17, 15) is 14.4 Å². The summed E-state index contributed by atoms with van der Waals surface area (Å²) >= 11 is 1.37. The van der Waals surface area contributed by atoms with Crippen molar-refractivity contribution in [2.24, 2.45) is 7.05 Å². The summed E-state index contributed by atoms with van der Waals surface area (Å²) < 4.78 is 2.35. The maximum Gasteiger partial charge on any atom is 0.274 e. The molecule has 1 saturated heterocycles. The van der Waals surface area contributed by atoms with E-state index in [0.717, 1.165) is 42.4 Å². The van der Waals surface area contributed by atoms with Gasteiger partial charge in [0.05, 0.1) is 10.4 Å². The number of carbonyl (C=O) groups excluding carboxylic acids is 2. The summed E-state index contributed by atoms with van der Waals surface area (Å²) in [5, 5.41) is 3.68. The standard InChI is InChI=1S/C21H21N3O3S/c1-23-13-15(20(26)24-9-5-2-6-10-24)11-16(21(23)27)22-19(25)18-12-14-7-3-4-8-17(14)28-18/h3-4,7-8,11-13H,2,5-6,9-10H2,1H3,(H,22,25). The second-order valence-electron chi connectivity index (χ2n) is 7.01. The lowest BCUT2D eigenvalue weighted by atomic mass is 10.1. The van der Waals surface area contributed by atoms with Gasteiger partial charge in [0, 0.05) is 31.0 Å². The lowest BCUT2D eigenvalue weighted by Gasteiger charge is -2.27. The molecule has 2 aromatic heterocycles. The third-order valence-corrected chi connectivity index (χ3v) is 6.09. The molecule has 0 radical (unpaired) electrons. The van der Waals surface area contributed by atoms with E-state index in [-0.39, 0.29) is 23.1 Å². The molecule has 0 saturated carbocycles. The van der Waals surface area contributed by atoms with Gasteiger partial charge in [0.2, 0.25) is 0 Å². The lowest BCUT2D eigenvalue weighted by molar-refractivity contribution is 0.0723. The fraction of sp³-hybridized carbons (Fsp3) is 0.286. The molecular formula is C21H21N3O3S. The number of hydrogen-bond donors (Lipinski definition) is 1. The zero-order chi connectivity index (χ0) is 19.7. The molecule has 6 nitrogen and oxygen atoms in total. The van der Waals surface area contributed by atoms with Gasteiger partial charge in [0.25, 0.3) is 17.4 Å². The summed E-state index contributed by atoms with van der Waals surface area (Å²) in [5.41, 5.74) is 0.188. The van der Waals surface area contributed by atoms with E-state index in [1.54, 1.807) is 11.9 Å². The Kier molecular flexibility index (Phi) is 5.00. The molecule has 2 amide bonds. The molecular weight excluding hydrogens is 374 g/mol. The smallest absolute Gasteiger partial charge is 0.274 e. The van der Waals surface area contributed by atoms with Gasteiger partial charge in [-0.25, -0.2) is 0 Å². The van der Waals surface area contributed by atoms with Crippen LogP contribution in [0.5, 0.6) is 0 Å². The van der Waals surface area contributed by atoms with E-state index < -0.39 is 0 Å². The van der Waals surface area contributed by atoms with Crippen LogP contribution in [-0.2, 0) is 7.05 Å². The fourth-order valence-electron chi connectivity index (χ4n) is 3.48. The summed E-state index contributed by atoms with van der Waals surface area (Å²) in [7, 11) is 1.59. The Morgan fingerprint density at radius 1 is 1.07 bits per heavy atom. The van der Waals surface area contributed by atoms with Gasteiger partial charge in [-0.05, 0) is 42.8 Å². The number of likely N-dealkylation sites (tertiary alicyclic amines) is 1. The van der Waals surface area contributed by atoms with Gasteiger partial charge >= 0.3 is 0 Å². The maximum absolute atomic E-state index is 12.8. The zero-order valence-electron chi connectivity index (χ0n) is 15.6. The van der Waals surface area contributed by atoms with Crippen molar-refractivity contribution in [1.29, 1.82) is 0 Å². The van der Waals surface area contributed by atoms with Crippen molar-refractivity contribution in [3.63, 3.8) is 0 Å². The summed E-state index contributed by atoms with van der Waals surface area (Å²) in [4.78, 5) is 40.3. The van der Waals surface area contributed by atoms with E-state index in [1.165, 1.54) is 28.2 Å². The first-order chi connectivity index (χ1) is 13.5. The van der Waals surface area contributed by atoms with E-state index in [1.807, 2.05) is 30.3 Å². The van der Waals surface area contributed by atoms with Crippen LogP contribution in [0.4, 0.5) is 5.69 Å². The topological polar surface area (TPSA) is 71.4 Å². The van der Waals surface area contributed by atoms with Crippen LogP contribution in [0.1, 0.15) is 39.3 Å². The Morgan fingerprint density at radius 2 is 1.82 bits per heavy atom. The Bertz CT molecular complexity index is 1080. The summed E-state index contributed by atoms with van der Waals surface area (Å²) in [6, 6.07) is 11.0. The molecule has 7 heteroatoms. The van der Waals surface area contributed by atoms with Crippen LogP contribution in [0.2, 0.25) is 0 Å². The minimum Gasteiger partial charge on any atom is -0.339 e. The van der Waals surface area contributed by atoms with Crippen LogP contribution in [0.15, 0.2) is 47.4 Å². The van der Waals surface area contributed by atoms with Crippen LogP contribution in [-0.4, -0.2) is 34.4 Å². The van der Waals surface area contributed by atoms with Crippen LogP contribution in [0, 0.1) is 0 Å². The number of benzene rings is 1. The number of aryl methyl sites for hydroxylation is 1. The van der Waals surface area contributed by atoms with Crippen molar-refractivity contribution in [2.45, 2.75) is 19.3 Å². The van der Waals surface area contributed by atoms with Crippen molar-refractivity contribution >= 4 is 38.9 Å². The summed E-state index contributed by atoms with van der Waals surface area (Å²) in [5.74, 6) is -0.450. The molecule has 3 aromatic rings. The highest BCUT2D eigenvalue weighted by Crippen LogP contribution is 2.26. The average Bonchev–Trinajstić information content (AvgIpc) is 3.16. The third kappa shape index (κ3) is 3.57. The maximum atomic E-state index is 12.8. The van der Waals surface area contributed by atoms with Gasteiger partial charge in [0.1, 0.15) is 5.69 Å². The number of rotatable bonds is 3. The first-order valence-electron chi connectivity index (χ1n) is 9.33. The molecule has 28 heavy (non-hydrogen) atoms. The summed E-state index contributed by atoms with van der Waals surface area (Å²) in [6.45, 7) is 1.45. The van der Waals surface area contributed by atoms with Gasteiger partial charge in [-0.15, -0.1) is 11.3 Å². The largest absolute Gasteiger partial charge is 0.339 e. The number of fused-ring (bicyclic) bond motifs is 1. The molecule has 144 valence electrons. The minimum absolute atomic E-state index is 0.104. The van der Waals surface area contributed by atoms with Gasteiger partial charge in [0.15, 0.2) is 0 Å². The highest BCUT2D eigenvalue weighted by molar-refractivity contribution is 7.20. The number of aromatic nitrogens is 1. The predicted molar refractivity (Wildman–Crippen MR) is 111 cm³/mol. The van der Waals surface area contributed by atoms with Crippen molar-refractivity contribution in [3.8, 4) is 0 Å². The molecule has 3 heterocycles. The van der Waals surface area contributed by atoms with Crippen LogP contribution in [0.25, 0.3) is 10.1 Å². The number of nitrogens with one attached hydrogen (secondary N) is 1. The number of thiophene rings is 1. The Hall–Kier alpha value is -2.93. The Morgan fingerprint density at radius 3 is 2.57 bits per heavy atom. The van der Waals surface area contributed by atoms with Crippen LogP contribution >= 0.6 is 11.3 Å². The Balaban J connectivity index is 1.61. The van der Waals surface area contributed by atoms with E-state index in [4.69, 9.17) is 0 Å². The quantitative estimate of drug-likeness (QED) is 0.738. The monoisotopic (exact) mass is 395 g/mol. The number of piperidine rings is 1. The average molecular weight is 395 g/mol. The van der Waals surface area contributed by atoms with E-state index in [2.05, 4.69) is 5.32 Å². The van der Waals surface area contributed by atoms with Crippen molar-refractivity contribution in [1.82, 2.24) is 9.47 Å². The van der Waals surface area contributed by atoms with Gasteiger partial charge in [-0.1, -0.05) is 18.2 Å². The van der Waals surface area contributed by atoms with Gasteiger partial charge in [-0.2, -0.15) is 0 Å². The number of pyridine rings is 1. The normalized spacial score (nSPS) is 14.2. The lowest BCUT2D eigenvalue weighted by Crippen LogP contribution is -2.36. The molecule has 4 rings (SSSR count). The van der Waals surface area contributed by atoms with Gasteiger partial charge < -0.3 is 14.8 Å². The Labute approximate surface area is 166 Å². The highest BCUT2D eigenvalue weighted by Gasteiger charge is 2.21. The molecule has 0 spiro atoms. The molecule has 0 unspecified atom stereocenters. The SMILES string of the molecule is Cn1cc(C(=O)N2CCCCC2)cc(NC(=O)c2cc3ccccc3s2)c1=O. The van der Waals surface area contributed by atoms with Crippen LogP contribution in [0.3, 0.4) is 0 Å². The fourth-order valence-corrected chi connectivity index (χ4v) is 4.43. The number of amides is 2. The van der Waals surface area contributed by atoms with Gasteiger partial charge in [-0.3, -0.25) is 14.4 Å². The number of carbonyl (C=O) groups is 2. The number of nitrogens with zero attached hydrogens (tertiary/aromatic N) is 2. The predicted octanol–water partition coefficient (Wildman–Crippen LogP) is 3.48. The van der Waals surface area contributed by atoms with Crippen molar-refractivity contribution in [3.05, 3.63) is 63.4 Å². The molecule has 1 aliphatic heterocycles. The first-order valence-corrected chi connectivity index (χ1v) is 10.1. The van der Waals surface area contributed by atoms with Crippen molar-refractivity contribution < 1.29 is 9.59 Å². The number of hydrogen-bond acceptors (Lipinski definition) is 4. The molecule has 1 N–H and O–H groups in total. The zero-order valence-corrected chi connectivity index (χ0v) is 16.4. The molecule has 1 fully saturated rings. The van der Waals surface area contributed by atoms with Crippen molar-refractivity contribution in [2.75, 3.05) is 18.4 Å².